The lowest BCUT2D eigenvalue weighted by Gasteiger charge is -2.33. The van der Waals surface area contributed by atoms with Crippen LogP contribution in [0.25, 0.3) is 0 Å². The Bertz CT molecular complexity index is 612. The minimum Gasteiger partial charge on any atom is -0.481 e. The zero-order chi connectivity index (χ0) is 15.6. The highest BCUT2D eigenvalue weighted by Crippen LogP contribution is 2.24. The minimum absolute atomic E-state index is 0.0356. The molecule has 0 aliphatic carbocycles. The number of rotatable bonds is 4. The summed E-state index contributed by atoms with van der Waals surface area (Å²) in [6, 6.07) is 7.17. The summed E-state index contributed by atoms with van der Waals surface area (Å²) in [4.78, 5) is 11.1. The van der Waals surface area contributed by atoms with Crippen molar-refractivity contribution in [1.82, 2.24) is 4.31 Å². The molecular weight excluding hydrogens is 292 g/mol. The molecule has 1 aromatic rings. The Balaban J connectivity index is 2.20. The van der Waals surface area contributed by atoms with Crippen LogP contribution in [0.2, 0.25) is 0 Å². The van der Waals surface area contributed by atoms with Crippen molar-refractivity contribution in [2.75, 3.05) is 24.4 Å². The first-order valence-corrected chi connectivity index (χ1v) is 8.25. The molecule has 1 atom stereocenters. The number of anilines is 1. The summed E-state index contributed by atoms with van der Waals surface area (Å²) in [6.07, 6.45) is 1.09. The summed E-state index contributed by atoms with van der Waals surface area (Å²) in [5.41, 5.74) is 1.62. The van der Waals surface area contributed by atoms with Gasteiger partial charge in [0.1, 0.15) is 0 Å². The lowest BCUT2D eigenvalue weighted by Crippen LogP contribution is -2.48. The smallest absolute Gasteiger partial charge is 0.307 e. The van der Waals surface area contributed by atoms with E-state index in [4.69, 9.17) is 5.11 Å². The molecule has 7 heteroatoms. The van der Waals surface area contributed by atoms with Gasteiger partial charge in [-0.3, -0.25) is 9.10 Å². The van der Waals surface area contributed by atoms with Crippen LogP contribution in [0.3, 0.4) is 0 Å². The van der Waals surface area contributed by atoms with Gasteiger partial charge in [0.15, 0.2) is 0 Å². The van der Waals surface area contributed by atoms with E-state index >= 15 is 0 Å². The van der Waals surface area contributed by atoms with Crippen molar-refractivity contribution < 1.29 is 18.3 Å². The van der Waals surface area contributed by atoms with Gasteiger partial charge in [0.2, 0.25) is 0 Å². The van der Waals surface area contributed by atoms with Crippen LogP contribution in [0.1, 0.15) is 18.4 Å². The first kappa shape index (κ1) is 15.8. The molecule has 1 N–H and O–H groups in total. The van der Waals surface area contributed by atoms with E-state index in [0.29, 0.717) is 25.1 Å². The van der Waals surface area contributed by atoms with Crippen molar-refractivity contribution >= 4 is 21.9 Å². The van der Waals surface area contributed by atoms with Crippen LogP contribution in [-0.2, 0) is 15.0 Å². The number of carbonyl (C=O) groups is 1. The Hall–Kier alpha value is -1.60. The van der Waals surface area contributed by atoms with Crippen LogP contribution in [0.5, 0.6) is 0 Å². The van der Waals surface area contributed by atoms with E-state index in [9.17, 15) is 13.2 Å². The maximum absolute atomic E-state index is 12.6. The minimum atomic E-state index is -3.69. The zero-order valence-corrected chi connectivity index (χ0v) is 13.0. The molecule has 6 nitrogen and oxygen atoms in total. The van der Waals surface area contributed by atoms with Crippen LogP contribution in [0.15, 0.2) is 24.3 Å². The fourth-order valence-corrected chi connectivity index (χ4v) is 3.88. The molecule has 1 heterocycles. The Labute approximate surface area is 125 Å². The SMILES string of the molecule is Cc1ccc(N(C)S(=O)(=O)N2CCCC(C(=O)O)C2)cc1. The lowest BCUT2D eigenvalue weighted by atomic mass is 10.0. The second-order valence-corrected chi connectivity index (χ2v) is 7.31. The van der Waals surface area contributed by atoms with E-state index in [2.05, 4.69) is 0 Å². The number of aryl methyl sites for hydroxylation is 1. The average molecular weight is 312 g/mol. The summed E-state index contributed by atoms with van der Waals surface area (Å²) in [6.45, 7) is 2.33. The molecule has 1 aliphatic rings. The Morgan fingerprint density at radius 1 is 1.33 bits per heavy atom. The molecule has 1 fully saturated rings. The van der Waals surface area contributed by atoms with Crippen molar-refractivity contribution in [3.8, 4) is 0 Å². The van der Waals surface area contributed by atoms with Crippen molar-refractivity contribution in [3.05, 3.63) is 29.8 Å². The number of benzene rings is 1. The molecule has 0 bridgehead atoms. The van der Waals surface area contributed by atoms with Gasteiger partial charge in [0.05, 0.1) is 11.6 Å². The Kier molecular flexibility index (Phi) is 4.53. The average Bonchev–Trinajstić information content (AvgIpc) is 2.47. The third-order valence-corrected chi connectivity index (χ3v) is 5.69. The second kappa shape index (κ2) is 6.03. The fraction of sp³-hybridized carbons (Fsp3) is 0.500. The zero-order valence-electron chi connectivity index (χ0n) is 12.2. The van der Waals surface area contributed by atoms with Gasteiger partial charge in [-0.05, 0) is 31.9 Å². The predicted octanol–water partition coefficient (Wildman–Crippen LogP) is 1.47. The Morgan fingerprint density at radius 3 is 2.52 bits per heavy atom. The third-order valence-electron chi connectivity index (χ3n) is 3.80. The number of nitrogens with zero attached hydrogens (tertiary/aromatic N) is 2. The number of hydrogen-bond acceptors (Lipinski definition) is 3. The molecule has 2 rings (SSSR count). The standard InChI is InChI=1S/C14H20N2O4S/c1-11-5-7-13(8-6-11)15(2)21(19,20)16-9-3-4-12(10-16)14(17)18/h5-8,12H,3-4,9-10H2,1-2H3,(H,17,18). The maximum atomic E-state index is 12.6. The van der Waals surface area contributed by atoms with E-state index < -0.39 is 22.1 Å². The predicted molar refractivity (Wildman–Crippen MR) is 80.4 cm³/mol. The van der Waals surface area contributed by atoms with Gasteiger partial charge < -0.3 is 5.11 Å². The summed E-state index contributed by atoms with van der Waals surface area (Å²) in [5.74, 6) is -1.56. The van der Waals surface area contributed by atoms with Gasteiger partial charge in [-0.25, -0.2) is 0 Å². The van der Waals surface area contributed by atoms with Crippen LogP contribution >= 0.6 is 0 Å². The summed E-state index contributed by atoms with van der Waals surface area (Å²) >= 11 is 0. The third kappa shape index (κ3) is 3.36. The molecule has 21 heavy (non-hydrogen) atoms. The Morgan fingerprint density at radius 2 is 1.95 bits per heavy atom. The molecule has 1 saturated heterocycles. The summed E-state index contributed by atoms with van der Waals surface area (Å²) < 4.78 is 27.7. The molecule has 0 spiro atoms. The van der Waals surface area contributed by atoms with Gasteiger partial charge in [-0.15, -0.1) is 0 Å². The molecule has 0 amide bonds. The topological polar surface area (TPSA) is 77.9 Å². The molecule has 0 aromatic heterocycles. The first-order chi connectivity index (χ1) is 9.82. The van der Waals surface area contributed by atoms with Crippen LogP contribution in [0.4, 0.5) is 5.69 Å². The molecule has 1 aromatic carbocycles. The van der Waals surface area contributed by atoms with Gasteiger partial charge in [-0.2, -0.15) is 12.7 Å². The van der Waals surface area contributed by atoms with Gasteiger partial charge in [-0.1, -0.05) is 17.7 Å². The van der Waals surface area contributed by atoms with Crippen molar-refractivity contribution in [2.45, 2.75) is 19.8 Å². The quantitative estimate of drug-likeness (QED) is 0.913. The molecule has 0 radical (unpaired) electrons. The van der Waals surface area contributed by atoms with Crippen molar-refractivity contribution in [1.29, 1.82) is 0 Å². The van der Waals surface area contributed by atoms with Crippen LogP contribution in [-0.4, -0.2) is 43.9 Å². The number of piperidine rings is 1. The van der Waals surface area contributed by atoms with Gasteiger partial charge >= 0.3 is 16.2 Å². The lowest BCUT2D eigenvalue weighted by molar-refractivity contribution is -0.142. The molecular formula is C14H20N2O4S. The summed E-state index contributed by atoms with van der Waals surface area (Å²) in [7, 11) is -2.20. The van der Waals surface area contributed by atoms with Crippen LogP contribution < -0.4 is 4.31 Å². The number of hydrogen-bond donors (Lipinski definition) is 1. The van der Waals surface area contributed by atoms with Crippen molar-refractivity contribution in [2.24, 2.45) is 5.92 Å². The fourth-order valence-electron chi connectivity index (χ4n) is 2.41. The molecule has 1 unspecified atom stereocenters. The number of aliphatic carboxylic acids is 1. The number of carboxylic acid groups (broad SMARTS) is 1. The van der Waals surface area contributed by atoms with E-state index in [-0.39, 0.29) is 6.54 Å². The first-order valence-electron chi connectivity index (χ1n) is 6.86. The highest BCUT2D eigenvalue weighted by molar-refractivity contribution is 7.90. The molecule has 116 valence electrons. The van der Waals surface area contributed by atoms with Gasteiger partial charge in [0, 0.05) is 20.1 Å². The monoisotopic (exact) mass is 312 g/mol. The van der Waals surface area contributed by atoms with Crippen LogP contribution in [0, 0.1) is 12.8 Å². The van der Waals surface area contributed by atoms with E-state index in [0.717, 1.165) is 5.56 Å². The highest BCUT2D eigenvalue weighted by Gasteiger charge is 2.34. The normalized spacial score (nSPS) is 20.2. The highest BCUT2D eigenvalue weighted by atomic mass is 32.2. The molecule has 1 aliphatic heterocycles. The van der Waals surface area contributed by atoms with E-state index in [1.807, 2.05) is 19.1 Å². The second-order valence-electron chi connectivity index (χ2n) is 5.35. The molecule has 0 saturated carbocycles. The number of carboxylic acids is 1. The maximum Gasteiger partial charge on any atom is 0.307 e. The van der Waals surface area contributed by atoms with E-state index in [1.54, 1.807) is 12.1 Å². The summed E-state index contributed by atoms with van der Waals surface area (Å²) in [5, 5.41) is 9.07. The largest absolute Gasteiger partial charge is 0.481 e. The van der Waals surface area contributed by atoms with E-state index in [1.165, 1.54) is 15.7 Å². The van der Waals surface area contributed by atoms with Crippen molar-refractivity contribution in [3.63, 3.8) is 0 Å². The van der Waals surface area contributed by atoms with Gasteiger partial charge in [0.25, 0.3) is 0 Å².